The van der Waals surface area contributed by atoms with E-state index in [1.165, 1.54) is 7.05 Å². The summed E-state index contributed by atoms with van der Waals surface area (Å²) in [6.45, 7) is 2.16. The van der Waals surface area contributed by atoms with E-state index in [9.17, 15) is 9.90 Å². The van der Waals surface area contributed by atoms with Crippen LogP contribution in [0.3, 0.4) is 0 Å². The molecule has 128 valence electrons. The Hall–Kier alpha value is -1.65. The molecule has 2 N–H and O–H groups in total. The van der Waals surface area contributed by atoms with Crippen LogP contribution < -0.4 is 0 Å². The molecule has 4 nitrogen and oxygen atoms in total. The van der Waals surface area contributed by atoms with Gasteiger partial charge in [-0.15, -0.1) is 0 Å². The maximum atomic E-state index is 11.2. The second kappa shape index (κ2) is 11.0. The molecule has 0 radical (unpaired) electrons. The smallest absolute Gasteiger partial charge is 0.245 e. The highest BCUT2D eigenvalue weighted by molar-refractivity contribution is 5.74. The summed E-state index contributed by atoms with van der Waals surface area (Å²) in [5.41, 5.74) is 2.02. The first-order valence-electron chi connectivity index (χ1n) is 8.44. The fourth-order valence-electron chi connectivity index (χ4n) is 2.38. The number of hydrogen-bond acceptors (Lipinski definition) is 3. The van der Waals surface area contributed by atoms with Crippen LogP contribution in [0.5, 0.6) is 0 Å². The summed E-state index contributed by atoms with van der Waals surface area (Å²) < 4.78 is 0. The highest BCUT2D eigenvalue weighted by Crippen LogP contribution is 2.21. The van der Waals surface area contributed by atoms with E-state index in [1.54, 1.807) is 0 Å². The van der Waals surface area contributed by atoms with Crippen molar-refractivity contribution in [3.8, 4) is 0 Å². The van der Waals surface area contributed by atoms with Gasteiger partial charge in [0.15, 0.2) is 0 Å². The largest absolute Gasteiger partial charge is 0.388 e. The van der Waals surface area contributed by atoms with Crippen molar-refractivity contribution in [2.75, 3.05) is 7.05 Å². The molecular formula is C19H29NO3. The first kappa shape index (κ1) is 19.4. The molecular weight excluding hydrogens is 290 g/mol. The van der Waals surface area contributed by atoms with Crippen molar-refractivity contribution in [3.63, 3.8) is 0 Å². The number of aliphatic hydroxyl groups excluding tert-OH is 1. The number of unbranched alkanes of at least 4 members (excludes halogenated alkanes) is 3. The predicted molar refractivity (Wildman–Crippen MR) is 93.0 cm³/mol. The summed E-state index contributed by atoms with van der Waals surface area (Å²) >= 11 is 0. The molecule has 1 aromatic carbocycles. The minimum absolute atomic E-state index is 0.268. The van der Waals surface area contributed by atoms with E-state index >= 15 is 0 Å². The Bertz CT molecular complexity index is 497. The molecule has 1 amide bonds. The summed E-state index contributed by atoms with van der Waals surface area (Å²) in [5, 5.41) is 19.8. The Morgan fingerprint density at radius 1 is 1.30 bits per heavy atom. The molecule has 1 unspecified atom stereocenters. The van der Waals surface area contributed by atoms with Gasteiger partial charge >= 0.3 is 0 Å². The van der Waals surface area contributed by atoms with Gasteiger partial charge in [0.25, 0.3) is 0 Å². The average molecular weight is 319 g/mol. The van der Waals surface area contributed by atoms with Crippen LogP contribution in [0, 0.1) is 0 Å². The molecule has 0 heterocycles. The molecule has 1 aromatic rings. The summed E-state index contributed by atoms with van der Waals surface area (Å²) in [6.07, 6.45) is 9.62. The van der Waals surface area contributed by atoms with Crippen molar-refractivity contribution < 1.29 is 15.1 Å². The molecule has 1 atom stereocenters. The maximum absolute atomic E-state index is 11.2. The predicted octanol–water partition coefficient (Wildman–Crippen LogP) is 4.33. The Morgan fingerprint density at radius 3 is 2.78 bits per heavy atom. The van der Waals surface area contributed by atoms with Gasteiger partial charge in [-0.25, -0.2) is 5.06 Å². The van der Waals surface area contributed by atoms with E-state index in [2.05, 4.69) is 6.92 Å². The van der Waals surface area contributed by atoms with E-state index in [0.717, 1.165) is 43.2 Å². The monoisotopic (exact) mass is 319 g/mol. The first-order valence-corrected chi connectivity index (χ1v) is 8.44. The van der Waals surface area contributed by atoms with Crippen LogP contribution in [-0.4, -0.2) is 28.3 Å². The number of rotatable bonds is 10. The second-order valence-corrected chi connectivity index (χ2v) is 5.89. The molecule has 0 aliphatic rings. The first-order chi connectivity index (χ1) is 11.0. The number of allylic oxidation sites excluding steroid dienone is 1. The van der Waals surface area contributed by atoms with Gasteiger partial charge in [-0.1, -0.05) is 56.5 Å². The SMILES string of the molecule is CCCCCC(O)c1cccc(/C=C\CCCC(=O)N(C)O)c1. The average Bonchev–Trinajstić information content (AvgIpc) is 2.54. The lowest BCUT2D eigenvalue weighted by molar-refractivity contribution is -0.159. The van der Waals surface area contributed by atoms with Crippen molar-refractivity contribution in [2.45, 2.75) is 58.0 Å². The third-order valence-electron chi connectivity index (χ3n) is 3.81. The Kier molecular flexibility index (Phi) is 9.25. The van der Waals surface area contributed by atoms with E-state index in [0.29, 0.717) is 17.9 Å². The highest BCUT2D eigenvalue weighted by Gasteiger charge is 2.07. The fourth-order valence-corrected chi connectivity index (χ4v) is 2.38. The van der Waals surface area contributed by atoms with Crippen LogP contribution in [0.25, 0.3) is 6.08 Å². The van der Waals surface area contributed by atoms with Gasteiger partial charge in [0.05, 0.1) is 6.10 Å². The molecule has 0 aliphatic carbocycles. The second-order valence-electron chi connectivity index (χ2n) is 5.89. The normalized spacial score (nSPS) is 12.5. The number of nitrogens with zero attached hydrogens (tertiary/aromatic N) is 1. The van der Waals surface area contributed by atoms with E-state index in [-0.39, 0.29) is 5.91 Å². The van der Waals surface area contributed by atoms with E-state index in [1.807, 2.05) is 36.4 Å². The Morgan fingerprint density at radius 2 is 2.09 bits per heavy atom. The third-order valence-corrected chi connectivity index (χ3v) is 3.81. The summed E-state index contributed by atoms with van der Waals surface area (Å²) in [5.74, 6) is -0.268. The summed E-state index contributed by atoms with van der Waals surface area (Å²) in [7, 11) is 1.34. The number of hydrogen-bond donors (Lipinski definition) is 2. The van der Waals surface area contributed by atoms with Gasteiger partial charge in [-0.3, -0.25) is 10.0 Å². The summed E-state index contributed by atoms with van der Waals surface area (Å²) in [6, 6.07) is 7.94. The number of amides is 1. The molecule has 23 heavy (non-hydrogen) atoms. The van der Waals surface area contributed by atoms with Gasteiger partial charge < -0.3 is 5.11 Å². The summed E-state index contributed by atoms with van der Waals surface area (Å²) in [4.78, 5) is 11.2. The van der Waals surface area contributed by atoms with Gasteiger partial charge in [0.2, 0.25) is 5.91 Å². The van der Waals surface area contributed by atoms with E-state index < -0.39 is 6.10 Å². The van der Waals surface area contributed by atoms with Crippen LogP contribution >= 0.6 is 0 Å². The molecule has 0 aliphatic heterocycles. The van der Waals surface area contributed by atoms with Gasteiger partial charge in [0.1, 0.15) is 0 Å². The van der Waals surface area contributed by atoms with Crippen molar-refractivity contribution in [2.24, 2.45) is 0 Å². The highest BCUT2D eigenvalue weighted by atomic mass is 16.5. The molecule has 0 bridgehead atoms. The number of carbonyl (C=O) groups is 1. The van der Waals surface area contributed by atoms with Crippen LogP contribution in [0.1, 0.15) is 69.1 Å². The van der Waals surface area contributed by atoms with Crippen molar-refractivity contribution in [1.82, 2.24) is 5.06 Å². The van der Waals surface area contributed by atoms with Gasteiger partial charge in [-0.05, 0) is 36.5 Å². The quantitative estimate of drug-likeness (QED) is 0.383. The molecule has 0 aromatic heterocycles. The fraction of sp³-hybridized carbons (Fsp3) is 0.526. The van der Waals surface area contributed by atoms with Crippen molar-refractivity contribution >= 4 is 12.0 Å². The van der Waals surface area contributed by atoms with Crippen LogP contribution in [0.15, 0.2) is 30.3 Å². The minimum atomic E-state index is -0.396. The molecule has 0 spiro atoms. The number of aliphatic hydroxyl groups is 1. The van der Waals surface area contributed by atoms with Crippen LogP contribution in [-0.2, 0) is 4.79 Å². The van der Waals surface area contributed by atoms with Gasteiger partial charge in [-0.2, -0.15) is 0 Å². The van der Waals surface area contributed by atoms with Gasteiger partial charge in [0, 0.05) is 13.5 Å². The number of carbonyl (C=O) groups excluding carboxylic acids is 1. The standard InChI is InChI=1S/C19H29NO3/c1-3-4-6-13-18(21)17-12-9-11-16(15-17)10-7-5-8-14-19(22)20(2)23/h7,9-12,15,18,21,23H,3-6,8,13-14H2,1-2H3/b10-7-. The zero-order chi connectivity index (χ0) is 17.1. The molecule has 1 rings (SSSR count). The molecule has 0 fully saturated rings. The topological polar surface area (TPSA) is 60.8 Å². The van der Waals surface area contributed by atoms with Crippen LogP contribution in [0.4, 0.5) is 0 Å². The molecule has 0 saturated carbocycles. The van der Waals surface area contributed by atoms with E-state index in [4.69, 9.17) is 5.21 Å². The lowest BCUT2D eigenvalue weighted by Crippen LogP contribution is -2.21. The Balaban J connectivity index is 2.43. The molecule has 0 saturated heterocycles. The maximum Gasteiger partial charge on any atom is 0.245 e. The van der Waals surface area contributed by atoms with Crippen molar-refractivity contribution in [1.29, 1.82) is 0 Å². The zero-order valence-electron chi connectivity index (χ0n) is 14.2. The van der Waals surface area contributed by atoms with Crippen LogP contribution in [0.2, 0.25) is 0 Å². The third kappa shape index (κ3) is 7.95. The van der Waals surface area contributed by atoms with Crippen molar-refractivity contribution in [3.05, 3.63) is 41.5 Å². The number of hydroxylamine groups is 2. The zero-order valence-corrected chi connectivity index (χ0v) is 14.2. The lowest BCUT2D eigenvalue weighted by Gasteiger charge is -2.11. The minimum Gasteiger partial charge on any atom is -0.388 e. The lowest BCUT2D eigenvalue weighted by atomic mass is 10.0. The molecule has 4 heteroatoms. The number of benzene rings is 1. The Labute approximate surface area is 139 Å².